The van der Waals surface area contributed by atoms with Gasteiger partial charge in [-0.05, 0) is 32.0 Å². The lowest BCUT2D eigenvalue weighted by molar-refractivity contribution is -0.386. The zero-order valence-electron chi connectivity index (χ0n) is 32.9. The van der Waals surface area contributed by atoms with Gasteiger partial charge in [0.15, 0.2) is 17.8 Å². The van der Waals surface area contributed by atoms with E-state index in [9.17, 15) is 43.8 Å². The van der Waals surface area contributed by atoms with E-state index in [-0.39, 0.29) is 16.8 Å². The minimum Gasteiger partial charge on any atom is -0.472 e. The molecule has 19 heteroatoms. The molecule has 19 nitrogen and oxygen atoms in total. The van der Waals surface area contributed by atoms with Crippen LogP contribution < -0.4 is 0 Å². The summed E-state index contributed by atoms with van der Waals surface area (Å²) >= 11 is 0. The summed E-state index contributed by atoms with van der Waals surface area (Å²) in [6.45, 7) is 7.60. The third kappa shape index (κ3) is 6.48. The maximum absolute atomic E-state index is 14.2. The number of furan rings is 1. The lowest BCUT2D eigenvalue weighted by atomic mass is 9.45. The fourth-order valence-corrected chi connectivity index (χ4v) is 9.39. The largest absolute Gasteiger partial charge is 0.472 e. The molecule has 2 saturated carbocycles. The summed E-state index contributed by atoms with van der Waals surface area (Å²) in [5.41, 5.74) is -10.3. The molecule has 0 radical (unpaired) electrons. The van der Waals surface area contributed by atoms with Gasteiger partial charge in [0.25, 0.3) is 0 Å². The summed E-state index contributed by atoms with van der Waals surface area (Å²) in [7, 11) is 0. The van der Waals surface area contributed by atoms with Crippen molar-refractivity contribution in [1.29, 1.82) is 0 Å². The summed E-state index contributed by atoms with van der Waals surface area (Å²) in [4.78, 5) is 98.9. The van der Waals surface area contributed by atoms with Crippen molar-refractivity contribution in [3.8, 4) is 0 Å². The zero-order valence-corrected chi connectivity index (χ0v) is 32.9. The van der Waals surface area contributed by atoms with E-state index >= 15 is 0 Å². The Morgan fingerprint density at radius 2 is 1.50 bits per heavy atom. The average molecular weight is 816 g/mol. The fraction of sp³-hybridized carbons (Fsp3) is 0.590. The van der Waals surface area contributed by atoms with Crippen LogP contribution in [-0.2, 0) is 61.9 Å². The lowest BCUT2D eigenvalue weighted by Gasteiger charge is -2.67. The van der Waals surface area contributed by atoms with E-state index in [4.69, 9.17) is 42.3 Å². The second kappa shape index (κ2) is 15.1. The molecule has 4 bridgehead atoms. The van der Waals surface area contributed by atoms with Crippen LogP contribution in [0.2, 0.25) is 0 Å². The van der Waals surface area contributed by atoms with E-state index in [0.717, 1.165) is 40.9 Å². The molecule has 2 aliphatic carbocycles. The first-order valence-electron chi connectivity index (χ1n) is 18.5. The summed E-state index contributed by atoms with van der Waals surface area (Å²) in [5.74, 6) is -10.7. The Labute approximate surface area is 331 Å². The second-order valence-corrected chi connectivity index (χ2v) is 15.6. The number of hydrogen-bond donors (Lipinski definition) is 2. The second-order valence-electron chi connectivity index (χ2n) is 15.6. The highest BCUT2D eigenvalue weighted by Gasteiger charge is 2.91. The van der Waals surface area contributed by atoms with E-state index in [2.05, 4.69) is 4.98 Å². The van der Waals surface area contributed by atoms with Crippen LogP contribution in [0.4, 0.5) is 0 Å². The number of fused-ring (bicyclic) bond motifs is 5. The van der Waals surface area contributed by atoms with Crippen molar-refractivity contribution in [1.82, 2.24) is 4.98 Å². The molecule has 0 aromatic carbocycles. The quantitative estimate of drug-likeness (QED) is 0.295. The van der Waals surface area contributed by atoms with Crippen molar-refractivity contribution in [2.24, 2.45) is 17.3 Å². The van der Waals surface area contributed by atoms with Gasteiger partial charge < -0.3 is 52.5 Å². The van der Waals surface area contributed by atoms with Crippen molar-refractivity contribution in [2.75, 3.05) is 13.2 Å². The molecular weight excluding hydrogens is 770 g/mol. The third-order valence-corrected chi connectivity index (χ3v) is 11.8. The van der Waals surface area contributed by atoms with Crippen molar-refractivity contribution in [3.05, 3.63) is 53.7 Å². The summed E-state index contributed by atoms with van der Waals surface area (Å²) in [6.07, 6.45) is -8.71. The van der Waals surface area contributed by atoms with Crippen molar-refractivity contribution >= 4 is 41.8 Å². The van der Waals surface area contributed by atoms with Gasteiger partial charge in [-0.15, -0.1) is 0 Å². The Hall–Kier alpha value is -5.40. The molecule has 0 unspecified atom stereocenters. The van der Waals surface area contributed by atoms with E-state index in [1.807, 2.05) is 0 Å². The van der Waals surface area contributed by atoms with Crippen molar-refractivity contribution < 1.29 is 86.1 Å². The van der Waals surface area contributed by atoms with Crippen LogP contribution in [0.15, 0.2) is 41.3 Å². The maximum atomic E-state index is 14.2. The first-order chi connectivity index (χ1) is 27.1. The highest BCUT2D eigenvalue weighted by atomic mass is 16.7. The highest BCUT2D eigenvalue weighted by Crippen LogP contribution is 2.70. The fourth-order valence-electron chi connectivity index (χ4n) is 9.39. The summed E-state index contributed by atoms with van der Waals surface area (Å²) in [6, 6.07) is 4.15. The third-order valence-electron chi connectivity index (χ3n) is 11.8. The van der Waals surface area contributed by atoms with E-state index in [1.54, 1.807) is 6.92 Å². The molecule has 0 amide bonds. The molecule has 2 aliphatic heterocycles. The predicted octanol–water partition coefficient (Wildman–Crippen LogP) is 1.35. The molecule has 314 valence electrons. The number of pyridine rings is 1. The van der Waals surface area contributed by atoms with Crippen LogP contribution in [0.5, 0.6) is 0 Å². The number of aliphatic hydroxyl groups excluding tert-OH is 1. The van der Waals surface area contributed by atoms with Crippen molar-refractivity contribution in [2.45, 2.75) is 115 Å². The number of rotatable bonds is 7. The van der Waals surface area contributed by atoms with Gasteiger partial charge in [-0.25, -0.2) is 9.59 Å². The molecule has 3 fully saturated rings. The molecule has 13 atom stereocenters. The van der Waals surface area contributed by atoms with Gasteiger partial charge in [-0.3, -0.25) is 29.0 Å². The minimum absolute atomic E-state index is 0.0389. The predicted molar refractivity (Wildman–Crippen MR) is 188 cm³/mol. The zero-order chi connectivity index (χ0) is 42.7. The monoisotopic (exact) mass is 815 g/mol. The molecule has 2 aromatic heterocycles. The number of nitrogens with zero attached hydrogens (tertiary/aromatic N) is 1. The summed E-state index contributed by atoms with van der Waals surface area (Å²) in [5, 5.41) is 25.8. The number of ether oxygens (including phenoxy) is 8. The number of carbonyl (C=O) groups is 7. The van der Waals surface area contributed by atoms with Crippen molar-refractivity contribution in [3.63, 3.8) is 0 Å². The van der Waals surface area contributed by atoms with Gasteiger partial charge in [0, 0.05) is 39.8 Å². The minimum atomic E-state index is -2.83. The smallest absolute Gasteiger partial charge is 0.341 e. The molecule has 4 heterocycles. The number of cyclic esters (lactones) is 1. The Morgan fingerprint density at radius 1 is 0.879 bits per heavy atom. The standard InChI is InChI=1S/C39H45NO18/c1-17-18(2)33(46)57-30-27(45)31(55-21(5)43)38(16-52-34(47)23-11-13-50-14-23)32(56-22(6)44)28(53-19(3)41)25-29(54-20(4)42)39(38,37(30,8)49)58-36(25,7)15-51-35(48)24-10-9-12-40-26(17)24/h9-14,17-18,25,27-32,45,49H,15-16H2,1-8H3/t17-,18+,25-,27+,28-,29-,30+,31+,32-,36+,37+,38+,39+/m1/s1. The highest BCUT2D eigenvalue weighted by molar-refractivity contribution is 5.91. The number of carbonyl (C=O) groups excluding carboxylic acids is 7. The van der Waals surface area contributed by atoms with Gasteiger partial charge >= 0.3 is 41.8 Å². The number of aromatic nitrogens is 1. The first kappa shape index (κ1) is 42.2. The Balaban J connectivity index is 1.74. The summed E-state index contributed by atoms with van der Waals surface area (Å²) < 4.78 is 53.5. The number of aliphatic hydroxyl groups is 2. The van der Waals surface area contributed by atoms with E-state index < -0.39 is 132 Å². The Morgan fingerprint density at radius 3 is 2.10 bits per heavy atom. The molecule has 2 N–H and O–H groups in total. The van der Waals surface area contributed by atoms with Gasteiger partial charge in [0.05, 0.1) is 34.9 Å². The Kier molecular flexibility index (Phi) is 11.0. The SMILES string of the molecule is CC(=O)O[C@@H]1[C@@H]2[C@@H](OC(C)=O)[C@@]34O[C@@]2(C)COC(=O)c2cccnc2[C@H](C)[C@H](C)C(=O)O[C@@H]([C@H](O)[C@H](OC(C)=O)[C@@]3(COC(=O)c2ccoc2)[C@@H]1OC(C)=O)[C@]4(C)O. The topological polar surface area (TPSA) is 260 Å². The van der Waals surface area contributed by atoms with Gasteiger partial charge in [0.1, 0.15) is 60.5 Å². The van der Waals surface area contributed by atoms with Crippen LogP contribution in [0.3, 0.4) is 0 Å². The average Bonchev–Trinajstić information content (AvgIpc) is 3.76. The molecule has 58 heavy (non-hydrogen) atoms. The number of hydrogen-bond acceptors (Lipinski definition) is 19. The molecule has 4 aliphatic rings. The van der Waals surface area contributed by atoms with Gasteiger partial charge in [-0.1, -0.05) is 13.8 Å². The van der Waals surface area contributed by atoms with Crippen LogP contribution in [-0.4, -0.2) is 124 Å². The van der Waals surface area contributed by atoms with Crippen LogP contribution in [0, 0.1) is 17.3 Å². The van der Waals surface area contributed by atoms with Crippen LogP contribution in [0.25, 0.3) is 0 Å². The first-order valence-corrected chi connectivity index (χ1v) is 18.5. The van der Waals surface area contributed by atoms with E-state index in [0.29, 0.717) is 0 Å². The van der Waals surface area contributed by atoms with E-state index in [1.165, 1.54) is 44.5 Å². The van der Waals surface area contributed by atoms with Gasteiger partial charge in [0.2, 0.25) is 0 Å². The normalized spacial score (nSPS) is 37.9. The molecule has 2 aromatic rings. The lowest BCUT2D eigenvalue weighted by Crippen LogP contribution is -2.89. The number of esters is 7. The van der Waals surface area contributed by atoms with Gasteiger partial charge in [-0.2, -0.15) is 0 Å². The Bertz CT molecular complexity index is 2000. The molecule has 1 spiro atoms. The molecule has 1 saturated heterocycles. The van der Waals surface area contributed by atoms with Crippen LogP contribution >= 0.6 is 0 Å². The van der Waals surface area contributed by atoms with Crippen LogP contribution in [0.1, 0.15) is 87.7 Å². The maximum Gasteiger partial charge on any atom is 0.341 e. The molecule has 6 rings (SSSR count). The molecular formula is C39H45NO18.